The van der Waals surface area contributed by atoms with Crippen molar-refractivity contribution in [1.29, 1.82) is 0 Å². The molecule has 1 heterocycles. The number of rotatable bonds is 5. The Bertz CT molecular complexity index is 394. The second-order valence-electron chi connectivity index (χ2n) is 6.42. The summed E-state index contributed by atoms with van der Waals surface area (Å²) in [6.07, 6.45) is 5.54. The van der Waals surface area contributed by atoms with Crippen molar-refractivity contribution in [1.82, 2.24) is 10.2 Å². The maximum atomic E-state index is 3.63. The van der Waals surface area contributed by atoms with Gasteiger partial charge in [0.25, 0.3) is 0 Å². The largest absolute Gasteiger partial charge is 0.312 e. The van der Waals surface area contributed by atoms with E-state index in [-0.39, 0.29) is 0 Å². The van der Waals surface area contributed by atoms with Gasteiger partial charge in [0.05, 0.1) is 0 Å². The van der Waals surface area contributed by atoms with Crippen LogP contribution < -0.4 is 5.32 Å². The van der Waals surface area contributed by atoms with Gasteiger partial charge in [-0.15, -0.1) is 0 Å². The quantitative estimate of drug-likeness (QED) is 0.873. The Morgan fingerprint density at radius 2 is 1.95 bits per heavy atom. The third-order valence-corrected chi connectivity index (χ3v) is 4.51. The number of likely N-dealkylation sites (tertiary alicyclic amines) is 1. The lowest BCUT2D eigenvalue weighted by Gasteiger charge is -2.29. The van der Waals surface area contributed by atoms with E-state index in [1.807, 2.05) is 0 Å². The summed E-state index contributed by atoms with van der Waals surface area (Å²) in [4.78, 5) is 2.46. The second-order valence-corrected chi connectivity index (χ2v) is 6.42. The van der Waals surface area contributed by atoms with Crippen LogP contribution in [0, 0.1) is 5.92 Å². The van der Waals surface area contributed by atoms with Gasteiger partial charge in [0, 0.05) is 13.1 Å². The standard InChI is InChI=1S/C17H26N2/c1-19-10-2-3-15(13-19)12-18-11-14-4-6-16(7-5-14)17-8-9-17/h4-7,15,17-18H,2-3,8-13H2,1H3. The van der Waals surface area contributed by atoms with Crippen LogP contribution in [0.25, 0.3) is 0 Å². The fourth-order valence-corrected chi connectivity index (χ4v) is 3.18. The molecule has 1 atom stereocenters. The summed E-state index contributed by atoms with van der Waals surface area (Å²) in [7, 11) is 2.24. The van der Waals surface area contributed by atoms with Crippen molar-refractivity contribution < 1.29 is 0 Å². The van der Waals surface area contributed by atoms with E-state index in [9.17, 15) is 0 Å². The zero-order valence-corrected chi connectivity index (χ0v) is 12.1. The Hall–Kier alpha value is -0.860. The number of piperidine rings is 1. The van der Waals surface area contributed by atoms with Gasteiger partial charge in [-0.2, -0.15) is 0 Å². The summed E-state index contributed by atoms with van der Waals surface area (Å²) in [5.74, 6) is 1.71. The molecule has 2 heteroatoms. The lowest BCUT2D eigenvalue weighted by Crippen LogP contribution is -2.37. The highest BCUT2D eigenvalue weighted by Crippen LogP contribution is 2.39. The van der Waals surface area contributed by atoms with Gasteiger partial charge in [0.15, 0.2) is 0 Å². The number of hydrogen-bond acceptors (Lipinski definition) is 2. The minimum Gasteiger partial charge on any atom is -0.312 e. The first-order valence-corrected chi connectivity index (χ1v) is 7.79. The number of benzene rings is 1. The summed E-state index contributed by atoms with van der Waals surface area (Å²) in [6.45, 7) is 4.71. The molecule has 0 spiro atoms. The molecule has 0 aromatic heterocycles. The molecule has 104 valence electrons. The molecular formula is C17H26N2. The SMILES string of the molecule is CN1CCCC(CNCc2ccc(C3CC3)cc2)C1. The zero-order valence-electron chi connectivity index (χ0n) is 12.1. The van der Waals surface area contributed by atoms with Gasteiger partial charge in [0.2, 0.25) is 0 Å². The Kier molecular flexibility index (Phi) is 4.19. The van der Waals surface area contributed by atoms with Crippen molar-refractivity contribution in [2.24, 2.45) is 5.92 Å². The highest BCUT2D eigenvalue weighted by molar-refractivity contribution is 5.27. The fourth-order valence-electron chi connectivity index (χ4n) is 3.18. The number of hydrogen-bond donors (Lipinski definition) is 1. The lowest BCUT2D eigenvalue weighted by molar-refractivity contribution is 0.206. The van der Waals surface area contributed by atoms with Crippen LogP contribution in [0.3, 0.4) is 0 Å². The second kappa shape index (κ2) is 6.06. The summed E-state index contributed by atoms with van der Waals surface area (Å²) in [6, 6.07) is 9.24. The van der Waals surface area contributed by atoms with Crippen molar-refractivity contribution >= 4 is 0 Å². The van der Waals surface area contributed by atoms with Crippen LogP contribution in [-0.2, 0) is 6.54 Å². The van der Waals surface area contributed by atoms with Gasteiger partial charge in [-0.25, -0.2) is 0 Å². The lowest BCUT2D eigenvalue weighted by atomic mass is 9.98. The summed E-state index contributed by atoms with van der Waals surface area (Å²) < 4.78 is 0. The van der Waals surface area contributed by atoms with Gasteiger partial charge in [-0.3, -0.25) is 0 Å². The summed E-state index contributed by atoms with van der Waals surface area (Å²) >= 11 is 0. The van der Waals surface area contributed by atoms with Crippen LogP contribution in [0.2, 0.25) is 0 Å². The Balaban J connectivity index is 1.41. The molecule has 1 saturated heterocycles. The third kappa shape index (κ3) is 3.80. The van der Waals surface area contributed by atoms with Crippen LogP contribution in [-0.4, -0.2) is 31.6 Å². The van der Waals surface area contributed by atoms with Crippen LogP contribution in [0.5, 0.6) is 0 Å². The monoisotopic (exact) mass is 258 g/mol. The predicted molar refractivity (Wildman–Crippen MR) is 80.3 cm³/mol. The van der Waals surface area contributed by atoms with Gasteiger partial charge in [0.1, 0.15) is 0 Å². The van der Waals surface area contributed by atoms with E-state index in [0.29, 0.717) is 0 Å². The minimum atomic E-state index is 0.837. The normalized spacial score (nSPS) is 24.6. The van der Waals surface area contributed by atoms with Crippen molar-refractivity contribution in [3.63, 3.8) is 0 Å². The Morgan fingerprint density at radius 1 is 1.16 bits per heavy atom. The number of nitrogens with zero attached hydrogens (tertiary/aromatic N) is 1. The molecule has 1 unspecified atom stereocenters. The molecule has 1 aromatic carbocycles. The fraction of sp³-hybridized carbons (Fsp3) is 0.647. The van der Waals surface area contributed by atoms with Crippen molar-refractivity contribution in [3.8, 4) is 0 Å². The molecule has 0 bridgehead atoms. The van der Waals surface area contributed by atoms with Crippen LogP contribution in [0.15, 0.2) is 24.3 Å². The number of nitrogens with one attached hydrogen (secondary N) is 1. The molecule has 1 aliphatic heterocycles. The van der Waals surface area contributed by atoms with Crippen LogP contribution in [0.1, 0.15) is 42.7 Å². The van der Waals surface area contributed by atoms with Gasteiger partial charge >= 0.3 is 0 Å². The minimum absolute atomic E-state index is 0.837. The molecule has 19 heavy (non-hydrogen) atoms. The maximum Gasteiger partial charge on any atom is 0.0205 e. The molecule has 2 fully saturated rings. The molecule has 2 nitrogen and oxygen atoms in total. The van der Waals surface area contributed by atoms with E-state index in [1.165, 1.54) is 49.9 Å². The molecule has 2 aliphatic rings. The molecule has 0 radical (unpaired) electrons. The smallest absolute Gasteiger partial charge is 0.0205 e. The van der Waals surface area contributed by atoms with E-state index < -0.39 is 0 Å². The molecular weight excluding hydrogens is 232 g/mol. The topological polar surface area (TPSA) is 15.3 Å². The first-order chi connectivity index (χ1) is 9.31. The van der Waals surface area contributed by atoms with Gasteiger partial charge < -0.3 is 10.2 Å². The first kappa shape index (κ1) is 13.1. The van der Waals surface area contributed by atoms with E-state index in [2.05, 4.69) is 41.5 Å². The summed E-state index contributed by atoms with van der Waals surface area (Å²) in [5.41, 5.74) is 2.96. The average molecular weight is 258 g/mol. The predicted octanol–water partition coefficient (Wildman–Crippen LogP) is 3.00. The highest BCUT2D eigenvalue weighted by atomic mass is 15.1. The molecule has 1 N–H and O–H groups in total. The van der Waals surface area contributed by atoms with Crippen molar-refractivity contribution in [2.45, 2.75) is 38.1 Å². The Morgan fingerprint density at radius 3 is 2.63 bits per heavy atom. The van der Waals surface area contributed by atoms with Crippen LogP contribution in [0.4, 0.5) is 0 Å². The van der Waals surface area contributed by atoms with E-state index in [4.69, 9.17) is 0 Å². The van der Waals surface area contributed by atoms with Crippen molar-refractivity contribution in [2.75, 3.05) is 26.7 Å². The Labute approximate surface area is 117 Å². The zero-order chi connectivity index (χ0) is 13.1. The van der Waals surface area contributed by atoms with E-state index in [1.54, 1.807) is 0 Å². The molecule has 1 saturated carbocycles. The maximum absolute atomic E-state index is 3.63. The average Bonchev–Trinajstić information content (AvgIpc) is 3.24. The third-order valence-electron chi connectivity index (χ3n) is 4.51. The molecule has 1 aliphatic carbocycles. The molecule has 1 aromatic rings. The van der Waals surface area contributed by atoms with Crippen LogP contribution >= 0.6 is 0 Å². The van der Waals surface area contributed by atoms with E-state index >= 15 is 0 Å². The van der Waals surface area contributed by atoms with Crippen molar-refractivity contribution in [3.05, 3.63) is 35.4 Å². The van der Waals surface area contributed by atoms with Gasteiger partial charge in [-0.05, 0) is 68.8 Å². The van der Waals surface area contributed by atoms with E-state index in [0.717, 1.165) is 24.9 Å². The first-order valence-electron chi connectivity index (χ1n) is 7.79. The highest BCUT2D eigenvalue weighted by Gasteiger charge is 2.22. The molecule has 0 amide bonds. The molecule has 3 rings (SSSR count). The summed E-state index contributed by atoms with van der Waals surface area (Å²) in [5, 5.41) is 3.63. The van der Waals surface area contributed by atoms with Gasteiger partial charge in [-0.1, -0.05) is 24.3 Å².